The first kappa shape index (κ1) is 11.8. The maximum absolute atomic E-state index is 13.2. The molecule has 1 aromatic carbocycles. The van der Waals surface area contributed by atoms with Gasteiger partial charge < -0.3 is 0 Å². The van der Waals surface area contributed by atoms with E-state index in [-0.39, 0.29) is 23.7 Å². The quantitative estimate of drug-likeness (QED) is 0.749. The summed E-state index contributed by atoms with van der Waals surface area (Å²) in [6, 6.07) is 3.63. The molecular weight excluding hydrogens is 198 g/mol. The fourth-order valence-corrected chi connectivity index (χ4v) is 1.28. The molecule has 0 aromatic heterocycles. The van der Waals surface area contributed by atoms with E-state index in [9.17, 15) is 13.6 Å². The van der Waals surface area contributed by atoms with Crippen molar-refractivity contribution in [3.05, 3.63) is 35.4 Å². The standard InChI is InChI=1S/C12H14F2O/c1-3-8(2)12(15)7-9-10(13)5-4-6-11(9)14/h4-6,8H,3,7H2,1-2H3. The van der Waals surface area contributed by atoms with Crippen LogP contribution in [0.2, 0.25) is 0 Å². The summed E-state index contributed by atoms with van der Waals surface area (Å²) in [7, 11) is 0. The second-order valence-electron chi connectivity index (χ2n) is 3.65. The van der Waals surface area contributed by atoms with Crippen molar-refractivity contribution in [3.63, 3.8) is 0 Å². The Kier molecular flexibility index (Phi) is 3.95. The predicted molar refractivity (Wildman–Crippen MR) is 54.5 cm³/mol. The van der Waals surface area contributed by atoms with E-state index in [1.54, 1.807) is 6.92 Å². The Bertz CT molecular complexity index is 340. The second-order valence-corrected chi connectivity index (χ2v) is 3.65. The van der Waals surface area contributed by atoms with Gasteiger partial charge in [-0.1, -0.05) is 19.9 Å². The van der Waals surface area contributed by atoms with Crippen LogP contribution in [0.3, 0.4) is 0 Å². The summed E-state index contributed by atoms with van der Waals surface area (Å²) in [4.78, 5) is 11.5. The molecule has 0 N–H and O–H groups in total. The molecule has 1 aromatic rings. The first-order valence-electron chi connectivity index (χ1n) is 5.01. The summed E-state index contributed by atoms with van der Waals surface area (Å²) in [6.07, 6.45) is 0.530. The molecule has 3 heteroatoms. The zero-order valence-corrected chi connectivity index (χ0v) is 8.89. The number of hydrogen-bond donors (Lipinski definition) is 0. The van der Waals surface area contributed by atoms with Gasteiger partial charge in [0.25, 0.3) is 0 Å². The number of Topliss-reactive ketones (excluding diaryl/α,β-unsaturated/α-hetero) is 1. The van der Waals surface area contributed by atoms with Crippen LogP contribution in [0, 0.1) is 17.6 Å². The van der Waals surface area contributed by atoms with Crippen molar-refractivity contribution in [2.24, 2.45) is 5.92 Å². The van der Waals surface area contributed by atoms with Crippen molar-refractivity contribution in [2.45, 2.75) is 26.7 Å². The lowest BCUT2D eigenvalue weighted by molar-refractivity contribution is -0.121. The third kappa shape index (κ3) is 2.85. The van der Waals surface area contributed by atoms with E-state index in [4.69, 9.17) is 0 Å². The van der Waals surface area contributed by atoms with Gasteiger partial charge in [-0.2, -0.15) is 0 Å². The number of benzene rings is 1. The summed E-state index contributed by atoms with van der Waals surface area (Å²) in [6.45, 7) is 3.64. The zero-order valence-electron chi connectivity index (χ0n) is 8.89. The minimum atomic E-state index is -0.647. The summed E-state index contributed by atoms with van der Waals surface area (Å²) in [5, 5.41) is 0. The van der Waals surface area contributed by atoms with Crippen molar-refractivity contribution >= 4 is 5.78 Å². The van der Waals surface area contributed by atoms with E-state index in [0.29, 0.717) is 6.42 Å². The van der Waals surface area contributed by atoms with Crippen molar-refractivity contribution in [2.75, 3.05) is 0 Å². The lowest BCUT2D eigenvalue weighted by Crippen LogP contribution is -2.14. The fourth-order valence-electron chi connectivity index (χ4n) is 1.28. The van der Waals surface area contributed by atoms with Gasteiger partial charge in [-0.15, -0.1) is 0 Å². The van der Waals surface area contributed by atoms with Crippen LogP contribution in [0.1, 0.15) is 25.8 Å². The van der Waals surface area contributed by atoms with Crippen molar-refractivity contribution < 1.29 is 13.6 Å². The average molecular weight is 212 g/mol. The highest BCUT2D eigenvalue weighted by molar-refractivity contribution is 5.82. The van der Waals surface area contributed by atoms with Gasteiger partial charge in [0.2, 0.25) is 0 Å². The summed E-state index contributed by atoms with van der Waals surface area (Å²) < 4.78 is 26.4. The molecule has 0 saturated carbocycles. The van der Waals surface area contributed by atoms with Crippen LogP contribution in [0.25, 0.3) is 0 Å². The van der Waals surface area contributed by atoms with Gasteiger partial charge in [0, 0.05) is 17.9 Å². The Balaban J connectivity index is 2.85. The Morgan fingerprint density at radius 2 is 1.87 bits per heavy atom. The molecule has 0 bridgehead atoms. The number of hydrogen-bond acceptors (Lipinski definition) is 1. The monoisotopic (exact) mass is 212 g/mol. The lowest BCUT2D eigenvalue weighted by atomic mass is 9.97. The van der Waals surface area contributed by atoms with Gasteiger partial charge in [-0.05, 0) is 18.6 Å². The molecule has 0 spiro atoms. The zero-order chi connectivity index (χ0) is 11.4. The topological polar surface area (TPSA) is 17.1 Å². The molecule has 0 saturated heterocycles. The van der Waals surface area contributed by atoms with Crippen LogP contribution in [0.4, 0.5) is 8.78 Å². The van der Waals surface area contributed by atoms with Crippen molar-refractivity contribution in [1.29, 1.82) is 0 Å². The lowest BCUT2D eigenvalue weighted by Gasteiger charge is -2.08. The first-order chi connectivity index (χ1) is 7.06. The van der Waals surface area contributed by atoms with Crippen LogP contribution < -0.4 is 0 Å². The Morgan fingerprint density at radius 3 is 2.33 bits per heavy atom. The van der Waals surface area contributed by atoms with E-state index >= 15 is 0 Å². The van der Waals surface area contributed by atoms with E-state index in [0.717, 1.165) is 0 Å². The van der Waals surface area contributed by atoms with E-state index < -0.39 is 11.6 Å². The van der Waals surface area contributed by atoms with Gasteiger partial charge in [0.1, 0.15) is 17.4 Å². The SMILES string of the molecule is CCC(C)C(=O)Cc1c(F)cccc1F. The third-order valence-corrected chi connectivity index (χ3v) is 2.57. The molecule has 0 radical (unpaired) electrons. The Labute approximate surface area is 88.1 Å². The smallest absolute Gasteiger partial charge is 0.140 e. The van der Waals surface area contributed by atoms with Crippen LogP contribution in [0.5, 0.6) is 0 Å². The minimum Gasteiger partial charge on any atom is -0.299 e. The van der Waals surface area contributed by atoms with Gasteiger partial charge in [-0.25, -0.2) is 8.78 Å². The molecular formula is C12H14F2O. The molecule has 0 amide bonds. The van der Waals surface area contributed by atoms with E-state index in [1.165, 1.54) is 18.2 Å². The molecule has 1 atom stereocenters. The van der Waals surface area contributed by atoms with Crippen LogP contribution >= 0.6 is 0 Å². The molecule has 1 unspecified atom stereocenters. The third-order valence-electron chi connectivity index (χ3n) is 2.57. The van der Waals surface area contributed by atoms with E-state index in [1.807, 2.05) is 6.92 Å². The molecule has 0 aliphatic heterocycles. The van der Waals surface area contributed by atoms with Gasteiger partial charge in [0.05, 0.1) is 0 Å². The Morgan fingerprint density at radius 1 is 1.33 bits per heavy atom. The molecule has 0 aliphatic carbocycles. The maximum Gasteiger partial charge on any atom is 0.140 e. The van der Waals surface area contributed by atoms with Gasteiger partial charge in [-0.3, -0.25) is 4.79 Å². The number of halogens is 2. The van der Waals surface area contributed by atoms with Gasteiger partial charge in [0.15, 0.2) is 0 Å². The van der Waals surface area contributed by atoms with Crippen molar-refractivity contribution in [1.82, 2.24) is 0 Å². The maximum atomic E-state index is 13.2. The number of rotatable bonds is 4. The van der Waals surface area contributed by atoms with E-state index in [2.05, 4.69) is 0 Å². The normalized spacial score (nSPS) is 12.5. The molecule has 1 nitrogen and oxygen atoms in total. The molecule has 0 aliphatic rings. The summed E-state index contributed by atoms with van der Waals surface area (Å²) in [5.41, 5.74) is -0.122. The first-order valence-corrected chi connectivity index (χ1v) is 5.01. The van der Waals surface area contributed by atoms with Crippen molar-refractivity contribution in [3.8, 4) is 0 Å². The second kappa shape index (κ2) is 5.01. The fraction of sp³-hybridized carbons (Fsp3) is 0.417. The number of carbonyl (C=O) groups is 1. The molecule has 0 heterocycles. The summed E-state index contributed by atoms with van der Waals surface area (Å²) >= 11 is 0. The highest BCUT2D eigenvalue weighted by atomic mass is 19.1. The number of ketones is 1. The predicted octanol–water partition coefficient (Wildman–Crippen LogP) is 3.12. The average Bonchev–Trinajstić information content (AvgIpc) is 2.22. The molecule has 0 fully saturated rings. The largest absolute Gasteiger partial charge is 0.299 e. The minimum absolute atomic E-state index is 0.122. The summed E-state index contributed by atoms with van der Waals surface area (Å²) in [5.74, 6) is -1.57. The molecule has 15 heavy (non-hydrogen) atoms. The highest BCUT2D eigenvalue weighted by Crippen LogP contribution is 2.15. The Hall–Kier alpha value is -1.25. The molecule has 1 rings (SSSR count). The number of carbonyl (C=O) groups excluding carboxylic acids is 1. The van der Waals surface area contributed by atoms with Crippen LogP contribution in [-0.2, 0) is 11.2 Å². The van der Waals surface area contributed by atoms with Gasteiger partial charge >= 0.3 is 0 Å². The molecule has 82 valence electrons. The highest BCUT2D eigenvalue weighted by Gasteiger charge is 2.16. The van der Waals surface area contributed by atoms with Crippen LogP contribution in [0.15, 0.2) is 18.2 Å². The van der Waals surface area contributed by atoms with Crippen LogP contribution in [-0.4, -0.2) is 5.78 Å².